The van der Waals surface area contributed by atoms with E-state index in [0.29, 0.717) is 11.3 Å². The number of amides is 1. The van der Waals surface area contributed by atoms with Crippen molar-refractivity contribution < 1.29 is 19.4 Å². The molecule has 0 aliphatic rings. The van der Waals surface area contributed by atoms with Gasteiger partial charge in [-0.1, -0.05) is 12.1 Å². The van der Waals surface area contributed by atoms with E-state index in [0.717, 1.165) is 5.69 Å². The highest BCUT2D eigenvalue weighted by Crippen LogP contribution is 2.15. The summed E-state index contributed by atoms with van der Waals surface area (Å²) in [6, 6.07) is 8.34. The predicted octanol–water partition coefficient (Wildman–Crippen LogP) is 0.945. The van der Waals surface area contributed by atoms with Crippen molar-refractivity contribution in [2.24, 2.45) is 5.10 Å². The molecular formula is C14H14N4O4. The normalized spacial score (nSPS) is 10.6. The van der Waals surface area contributed by atoms with Crippen molar-refractivity contribution in [3.05, 3.63) is 47.3 Å². The second-order valence-electron chi connectivity index (χ2n) is 4.36. The molecule has 2 rings (SSSR count). The van der Waals surface area contributed by atoms with E-state index in [1.54, 1.807) is 37.3 Å². The maximum absolute atomic E-state index is 11.7. The lowest BCUT2D eigenvalue weighted by Gasteiger charge is -2.05. The fourth-order valence-corrected chi connectivity index (χ4v) is 1.61. The highest BCUT2D eigenvalue weighted by Gasteiger charge is 2.08. The van der Waals surface area contributed by atoms with E-state index in [4.69, 9.17) is 9.84 Å². The molecule has 1 amide bonds. The highest BCUT2D eigenvalue weighted by atomic mass is 16.5. The van der Waals surface area contributed by atoms with Gasteiger partial charge in [0.25, 0.3) is 5.91 Å². The SMILES string of the molecule is Cc1cc(C(=O)N/N=C\c2ccccc2OCC(=O)O)n[nH]1. The Morgan fingerprint density at radius 1 is 1.45 bits per heavy atom. The number of nitrogens with zero attached hydrogens (tertiary/aromatic N) is 2. The Kier molecular flexibility index (Phi) is 4.86. The topological polar surface area (TPSA) is 117 Å². The van der Waals surface area contributed by atoms with E-state index in [1.165, 1.54) is 6.21 Å². The number of H-pyrrole nitrogens is 1. The van der Waals surface area contributed by atoms with Crippen LogP contribution < -0.4 is 10.2 Å². The summed E-state index contributed by atoms with van der Waals surface area (Å²) in [5.74, 6) is -1.17. The van der Waals surface area contributed by atoms with E-state index in [9.17, 15) is 9.59 Å². The highest BCUT2D eigenvalue weighted by molar-refractivity contribution is 5.93. The molecule has 0 bridgehead atoms. The van der Waals surface area contributed by atoms with Crippen LogP contribution in [-0.2, 0) is 4.79 Å². The van der Waals surface area contributed by atoms with Gasteiger partial charge in [-0.25, -0.2) is 10.2 Å². The number of rotatable bonds is 6. The fraction of sp³-hybridized carbons (Fsp3) is 0.143. The van der Waals surface area contributed by atoms with Crippen molar-refractivity contribution in [3.63, 3.8) is 0 Å². The number of hydrogen-bond acceptors (Lipinski definition) is 5. The Labute approximate surface area is 125 Å². The lowest BCUT2D eigenvalue weighted by Crippen LogP contribution is -2.18. The van der Waals surface area contributed by atoms with Crippen LogP contribution in [0.1, 0.15) is 21.7 Å². The van der Waals surface area contributed by atoms with Crippen LogP contribution in [0.5, 0.6) is 5.75 Å². The minimum Gasteiger partial charge on any atom is -0.481 e. The first-order valence-corrected chi connectivity index (χ1v) is 6.35. The summed E-state index contributed by atoms with van der Waals surface area (Å²) < 4.78 is 5.12. The van der Waals surface area contributed by atoms with Crippen molar-refractivity contribution in [1.29, 1.82) is 0 Å². The molecule has 2 aromatic rings. The van der Waals surface area contributed by atoms with E-state index in [2.05, 4.69) is 20.7 Å². The van der Waals surface area contributed by atoms with Gasteiger partial charge in [-0.15, -0.1) is 0 Å². The van der Waals surface area contributed by atoms with Crippen molar-refractivity contribution >= 4 is 18.1 Å². The van der Waals surface area contributed by atoms with Crippen molar-refractivity contribution in [1.82, 2.24) is 15.6 Å². The maximum Gasteiger partial charge on any atom is 0.341 e. The number of aromatic nitrogens is 2. The number of hydrazone groups is 1. The van der Waals surface area contributed by atoms with Crippen LogP contribution in [0.2, 0.25) is 0 Å². The number of aryl methyl sites for hydroxylation is 1. The first-order chi connectivity index (χ1) is 10.6. The first-order valence-electron chi connectivity index (χ1n) is 6.35. The van der Waals surface area contributed by atoms with Crippen molar-refractivity contribution in [2.75, 3.05) is 6.61 Å². The van der Waals surface area contributed by atoms with E-state index < -0.39 is 18.5 Å². The minimum absolute atomic E-state index is 0.227. The van der Waals surface area contributed by atoms with Gasteiger partial charge in [0.1, 0.15) is 5.75 Å². The molecule has 8 nitrogen and oxygen atoms in total. The van der Waals surface area contributed by atoms with Gasteiger partial charge in [0.05, 0.1) is 6.21 Å². The number of carbonyl (C=O) groups is 2. The zero-order valence-corrected chi connectivity index (χ0v) is 11.7. The molecule has 0 saturated heterocycles. The predicted molar refractivity (Wildman–Crippen MR) is 78.0 cm³/mol. The first kappa shape index (κ1) is 15.2. The molecule has 1 aromatic heterocycles. The van der Waals surface area contributed by atoms with Crippen molar-refractivity contribution in [2.45, 2.75) is 6.92 Å². The molecule has 0 atom stereocenters. The second kappa shape index (κ2) is 7.02. The molecule has 0 aliphatic carbocycles. The number of para-hydroxylation sites is 1. The van der Waals surface area contributed by atoms with E-state index >= 15 is 0 Å². The smallest absolute Gasteiger partial charge is 0.341 e. The quantitative estimate of drug-likeness (QED) is 0.542. The van der Waals surface area contributed by atoms with Gasteiger partial charge < -0.3 is 9.84 Å². The number of aromatic amines is 1. The standard InChI is InChI=1S/C14H14N4O4/c1-9-6-11(17-16-9)14(21)18-15-7-10-4-2-3-5-12(10)22-8-13(19)20/h2-7H,8H2,1H3,(H,16,17)(H,18,21)(H,19,20)/b15-7-. The zero-order valence-electron chi connectivity index (χ0n) is 11.7. The lowest BCUT2D eigenvalue weighted by molar-refractivity contribution is -0.139. The van der Waals surface area contributed by atoms with Gasteiger partial charge in [0.2, 0.25) is 0 Å². The third kappa shape index (κ3) is 4.17. The summed E-state index contributed by atoms with van der Waals surface area (Å²) in [7, 11) is 0. The molecule has 0 spiro atoms. The van der Waals surface area contributed by atoms with Gasteiger partial charge in [-0.05, 0) is 25.1 Å². The molecule has 22 heavy (non-hydrogen) atoms. The van der Waals surface area contributed by atoms with Crippen molar-refractivity contribution in [3.8, 4) is 5.75 Å². The average molecular weight is 302 g/mol. The summed E-state index contributed by atoms with van der Waals surface area (Å²) in [6.45, 7) is 1.33. The monoisotopic (exact) mass is 302 g/mol. The largest absolute Gasteiger partial charge is 0.481 e. The fourth-order valence-electron chi connectivity index (χ4n) is 1.61. The number of aliphatic carboxylic acids is 1. The van der Waals surface area contributed by atoms with Crippen LogP contribution in [0.25, 0.3) is 0 Å². The summed E-state index contributed by atoms with van der Waals surface area (Å²) in [6.07, 6.45) is 1.37. The van der Waals surface area contributed by atoms with E-state index in [-0.39, 0.29) is 5.69 Å². The molecule has 114 valence electrons. The molecule has 0 fully saturated rings. The summed E-state index contributed by atoms with van der Waals surface area (Å²) >= 11 is 0. The number of hydrogen-bond donors (Lipinski definition) is 3. The number of nitrogens with one attached hydrogen (secondary N) is 2. The number of carboxylic acid groups (broad SMARTS) is 1. The zero-order chi connectivity index (χ0) is 15.9. The van der Waals surface area contributed by atoms with E-state index in [1.807, 2.05) is 0 Å². The van der Waals surface area contributed by atoms with Gasteiger partial charge in [0, 0.05) is 11.3 Å². The van der Waals surface area contributed by atoms with Gasteiger partial charge in [-0.2, -0.15) is 10.2 Å². The molecule has 0 saturated carbocycles. The van der Waals surface area contributed by atoms with Crippen LogP contribution in [0.3, 0.4) is 0 Å². The van der Waals surface area contributed by atoms with Gasteiger partial charge in [0.15, 0.2) is 12.3 Å². The van der Waals surface area contributed by atoms with Crippen LogP contribution in [0.4, 0.5) is 0 Å². The van der Waals surface area contributed by atoms with Crippen LogP contribution in [0.15, 0.2) is 35.4 Å². The summed E-state index contributed by atoms with van der Waals surface area (Å²) in [4.78, 5) is 22.3. The number of benzene rings is 1. The molecule has 0 radical (unpaired) electrons. The summed E-state index contributed by atoms with van der Waals surface area (Å²) in [5, 5.41) is 18.9. The Hall–Kier alpha value is -3.16. The Bertz CT molecular complexity index is 708. The summed E-state index contributed by atoms with van der Waals surface area (Å²) in [5.41, 5.74) is 3.86. The Morgan fingerprint density at radius 3 is 2.91 bits per heavy atom. The molecule has 0 aliphatic heterocycles. The van der Waals surface area contributed by atoms with Gasteiger partial charge in [-0.3, -0.25) is 9.89 Å². The minimum atomic E-state index is -1.08. The van der Waals surface area contributed by atoms with Crippen LogP contribution in [0, 0.1) is 6.92 Å². The maximum atomic E-state index is 11.7. The molecule has 3 N–H and O–H groups in total. The Morgan fingerprint density at radius 2 is 2.23 bits per heavy atom. The lowest BCUT2D eigenvalue weighted by atomic mass is 10.2. The molecular weight excluding hydrogens is 288 g/mol. The van der Waals surface area contributed by atoms with Crippen LogP contribution >= 0.6 is 0 Å². The number of carboxylic acids is 1. The van der Waals surface area contributed by atoms with Crippen LogP contribution in [-0.4, -0.2) is 40.0 Å². The Balaban J connectivity index is 2.00. The number of ether oxygens (including phenoxy) is 1. The second-order valence-corrected chi connectivity index (χ2v) is 4.36. The third-order valence-corrected chi connectivity index (χ3v) is 2.58. The third-order valence-electron chi connectivity index (χ3n) is 2.58. The average Bonchev–Trinajstić information content (AvgIpc) is 2.92. The molecule has 1 heterocycles. The van der Waals surface area contributed by atoms with Gasteiger partial charge >= 0.3 is 5.97 Å². The number of carbonyl (C=O) groups excluding carboxylic acids is 1. The molecule has 8 heteroatoms. The molecule has 0 unspecified atom stereocenters. The molecule has 1 aromatic carbocycles.